The lowest BCUT2D eigenvalue weighted by molar-refractivity contribution is -0.140. The summed E-state index contributed by atoms with van der Waals surface area (Å²) in [5.74, 6) is -0.0765. The van der Waals surface area contributed by atoms with Gasteiger partial charge in [-0.05, 0) is 55.9 Å². The largest absolute Gasteiger partial charge is 0.354 e. The van der Waals surface area contributed by atoms with E-state index < -0.39 is 16.1 Å². The Balaban J connectivity index is 2.15. The SMILES string of the molecule is CCc1ccc(N(CCCC(=O)N(Cc2cccc(C)c2)[C@@H](C)C(=O)NCC(C)C)S(C)(=O)=O)cc1. The maximum atomic E-state index is 13.3. The smallest absolute Gasteiger partial charge is 0.242 e. The fraction of sp³-hybridized carbons (Fsp3) is 0.500. The highest BCUT2D eigenvalue weighted by atomic mass is 32.2. The number of aryl methyl sites for hydroxylation is 2. The molecule has 1 N–H and O–H groups in total. The van der Waals surface area contributed by atoms with Crippen LogP contribution in [0.3, 0.4) is 0 Å². The minimum atomic E-state index is -3.51. The predicted molar refractivity (Wildman–Crippen MR) is 146 cm³/mol. The van der Waals surface area contributed by atoms with E-state index >= 15 is 0 Å². The van der Waals surface area contributed by atoms with E-state index in [0.717, 1.165) is 23.1 Å². The topological polar surface area (TPSA) is 86.8 Å². The van der Waals surface area contributed by atoms with Crippen molar-refractivity contribution >= 4 is 27.5 Å². The molecule has 0 aliphatic heterocycles. The molecule has 0 fully saturated rings. The van der Waals surface area contributed by atoms with Crippen molar-refractivity contribution in [2.75, 3.05) is 23.7 Å². The highest BCUT2D eigenvalue weighted by Gasteiger charge is 2.26. The van der Waals surface area contributed by atoms with E-state index in [2.05, 4.69) is 5.32 Å². The first-order valence-corrected chi connectivity index (χ1v) is 14.5. The summed E-state index contributed by atoms with van der Waals surface area (Å²) in [6.07, 6.45) is 2.51. The summed E-state index contributed by atoms with van der Waals surface area (Å²) in [6.45, 7) is 10.8. The molecule has 2 aromatic rings. The molecule has 0 saturated carbocycles. The molecule has 2 rings (SSSR count). The molecule has 8 heteroatoms. The van der Waals surface area contributed by atoms with Crippen molar-refractivity contribution in [3.05, 3.63) is 65.2 Å². The molecule has 0 aromatic heterocycles. The molecule has 1 atom stereocenters. The van der Waals surface area contributed by atoms with Gasteiger partial charge in [0.2, 0.25) is 21.8 Å². The molecule has 198 valence electrons. The molecular weight excluding hydrogens is 474 g/mol. The minimum absolute atomic E-state index is 0.132. The van der Waals surface area contributed by atoms with E-state index in [-0.39, 0.29) is 24.8 Å². The van der Waals surface area contributed by atoms with Crippen LogP contribution in [0.1, 0.15) is 57.2 Å². The zero-order valence-corrected chi connectivity index (χ0v) is 23.3. The van der Waals surface area contributed by atoms with Gasteiger partial charge in [-0.15, -0.1) is 0 Å². The van der Waals surface area contributed by atoms with Crippen molar-refractivity contribution in [2.24, 2.45) is 5.92 Å². The van der Waals surface area contributed by atoms with Gasteiger partial charge in [0.05, 0.1) is 11.9 Å². The third-order valence-corrected chi connectivity index (χ3v) is 7.27. The van der Waals surface area contributed by atoms with Gasteiger partial charge in [-0.25, -0.2) is 8.42 Å². The highest BCUT2D eigenvalue weighted by Crippen LogP contribution is 2.20. The Morgan fingerprint density at radius 2 is 1.67 bits per heavy atom. The number of amides is 2. The number of benzene rings is 2. The maximum Gasteiger partial charge on any atom is 0.242 e. The highest BCUT2D eigenvalue weighted by molar-refractivity contribution is 7.92. The quantitative estimate of drug-likeness (QED) is 0.431. The first-order chi connectivity index (χ1) is 16.9. The van der Waals surface area contributed by atoms with E-state index in [4.69, 9.17) is 0 Å². The average molecular weight is 516 g/mol. The number of sulfonamides is 1. The molecule has 0 bridgehead atoms. The molecule has 0 spiro atoms. The van der Waals surface area contributed by atoms with Crippen LogP contribution in [0.15, 0.2) is 48.5 Å². The third kappa shape index (κ3) is 8.97. The number of carbonyl (C=O) groups is 2. The number of rotatable bonds is 13. The fourth-order valence-electron chi connectivity index (χ4n) is 3.94. The van der Waals surface area contributed by atoms with Gasteiger partial charge >= 0.3 is 0 Å². The second-order valence-corrected chi connectivity index (χ2v) is 11.7. The van der Waals surface area contributed by atoms with Crippen LogP contribution >= 0.6 is 0 Å². The minimum Gasteiger partial charge on any atom is -0.354 e. The van der Waals surface area contributed by atoms with Gasteiger partial charge in [0.15, 0.2) is 0 Å². The summed E-state index contributed by atoms with van der Waals surface area (Å²) in [7, 11) is -3.51. The van der Waals surface area contributed by atoms with Gasteiger partial charge in [0, 0.05) is 26.1 Å². The van der Waals surface area contributed by atoms with E-state index in [0.29, 0.717) is 31.1 Å². The van der Waals surface area contributed by atoms with Crippen LogP contribution in [0, 0.1) is 12.8 Å². The molecule has 0 heterocycles. The van der Waals surface area contributed by atoms with Crippen LogP contribution in [-0.4, -0.2) is 50.5 Å². The van der Waals surface area contributed by atoms with Gasteiger partial charge in [0.1, 0.15) is 6.04 Å². The Kier molecular flexibility index (Phi) is 11.0. The summed E-state index contributed by atoms with van der Waals surface area (Å²) in [6, 6.07) is 14.6. The van der Waals surface area contributed by atoms with Gasteiger partial charge < -0.3 is 10.2 Å². The van der Waals surface area contributed by atoms with Gasteiger partial charge in [-0.1, -0.05) is 62.7 Å². The van der Waals surface area contributed by atoms with Gasteiger partial charge in [-0.2, -0.15) is 0 Å². The van der Waals surface area contributed by atoms with Crippen LogP contribution in [-0.2, 0) is 32.6 Å². The van der Waals surface area contributed by atoms with Gasteiger partial charge in [-0.3, -0.25) is 13.9 Å². The van der Waals surface area contributed by atoms with E-state index in [1.807, 2.05) is 64.1 Å². The molecule has 2 aromatic carbocycles. The molecular formula is C28H41N3O4S. The Labute approximate surface area is 216 Å². The zero-order valence-electron chi connectivity index (χ0n) is 22.5. The number of nitrogens with one attached hydrogen (secondary N) is 1. The summed E-state index contributed by atoms with van der Waals surface area (Å²) < 4.78 is 26.3. The standard InChI is InChI=1S/C28H41N3O4S/c1-7-24-13-15-26(16-14-24)31(36(6,34)35)17-9-12-27(32)30(20-25-11-8-10-22(4)18-25)23(5)28(33)29-19-21(2)3/h8,10-11,13-16,18,21,23H,7,9,12,17,19-20H2,1-6H3,(H,29,33)/t23-/m0/s1. The van der Waals surface area contributed by atoms with Crippen molar-refractivity contribution in [2.45, 2.75) is 66.5 Å². The zero-order chi connectivity index (χ0) is 26.9. The van der Waals surface area contributed by atoms with Crippen molar-refractivity contribution < 1.29 is 18.0 Å². The lowest BCUT2D eigenvalue weighted by Gasteiger charge is -2.30. The van der Waals surface area contributed by atoms with Crippen LogP contribution in [0.4, 0.5) is 5.69 Å². The number of hydrogen-bond acceptors (Lipinski definition) is 4. The Morgan fingerprint density at radius 3 is 2.22 bits per heavy atom. The fourth-order valence-corrected chi connectivity index (χ4v) is 4.91. The predicted octanol–water partition coefficient (Wildman–Crippen LogP) is 4.29. The molecule has 0 radical (unpaired) electrons. The monoisotopic (exact) mass is 515 g/mol. The molecule has 0 aliphatic carbocycles. The van der Waals surface area contributed by atoms with E-state index in [1.165, 1.54) is 10.6 Å². The second kappa shape index (κ2) is 13.4. The van der Waals surface area contributed by atoms with E-state index in [9.17, 15) is 18.0 Å². The average Bonchev–Trinajstić information content (AvgIpc) is 2.82. The molecule has 0 unspecified atom stereocenters. The van der Waals surface area contributed by atoms with Crippen molar-refractivity contribution in [3.8, 4) is 0 Å². The molecule has 2 amide bonds. The van der Waals surface area contributed by atoms with Crippen LogP contribution < -0.4 is 9.62 Å². The molecule has 0 aliphatic rings. The van der Waals surface area contributed by atoms with E-state index in [1.54, 1.807) is 24.0 Å². The van der Waals surface area contributed by atoms with Gasteiger partial charge in [0.25, 0.3) is 0 Å². The number of hydrogen-bond donors (Lipinski definition) is 1. The van der Waals surface area contributed by atoms with Crippen molar-refractivity contribution in [1.29, 1.82) is 0 Å². The number of nitrogens with zero attached hydrogens (tertiary/aromatic N) is 2. The third-order valence-electron chi connectivity index (χ3n) is 6.07. The van der Waals surface area contributed by atoms with Crippen molar-refractivity contribution in [3.63, 3.8) is 0 Å². The van der Waals surface area contributed by atoms with Crippen LogP contribution in [0.5, 0.6) is 0 Å². The van der Waals surface area contributed by atoms with Crippen molar-refractivity contribution in [1.82, 2.24) is 10.2 Å². The number of anilines is 1. The first-order valence-electron chi connectivity index (χ1n) is 12.6. The van der Waals surface area contributed by atoms with Crippen LogP contribution in [0.2, 0.25) is 0 Å². The maximum absolute atomic E-state index is 13.3. The summed E-state index contributed by atoms with van der Waals surface area (Å²) in [4.78, 5) is 27.7. The second-order valence-electron chi connectivity index (χ2n) is 9.78. The molecule has 36 heavy (non-hydrogen) atoms. The molecule has 0 saturated heterocycles. The Bertz CT molecular complexity index is 1110. The summed E-state index contributed by atoms with van der Waals surface area (Å²) >= 11 is 0. The van der Waals surface area contributed by atoms with Crippen LogP contribution in [0.25, 0.3) is 0 Å². The summed E-state index contributed by atoms with van der Waals surface area (Å²) in [5, 5.41) is 2.92. The Hall–Kier alpha value is -2.87. The summed E-state index contributed by atoms with van der Waals surface area (Å²) in [5.41, 5.74) is 3.73. The number of carbonyl (C=O) groups excluding carboxylic acids is 2. The lowest BCUT2D eigenvalue weighted by Crippen LogP contribution is -2.48. The first kappa shape index (κ1) is 29.4. The Morgan fingerprint density at radius 1 is 1.00 bits per heavy atom. The normalized spacial score (nSPS) is 12.3. The lowest BCUT2D eigenvalue weighted by atomic mass is 10.1. The molecule has 7 nitrogen and oxygen atoms in total.